The number of benzene rings is 1. The van der Waals surface area contributed by atoms with Gasteiger partial charge >= 0.3 is 0 Å². The van der Waals surface area contributed by atoms with Gasteiger partial charge in [0, 0.05) is 19.0 Å². The third-order valence-corrected chi connectivity index (χ3v) is 8.53. The van der Waals surface area contributed by atoms with Gasteiger partial charge in [0.05, 0.1) is 5.75 Å². The molecular weight excluding hydrogens is 384 g/mol. The molecule has 1 aromatic rings. The first-order valence-corrected chi connectivity index (χ1v) is 12.7. The van der Waals surface area contributed by atoms with Crippen LogP contribution in [-0.4, -0.2) is 20.4 Å². The van der Waals surface area contributed by atoms with E-state index in [1.165, 1.54) is 38.5 Å². The fourth-order valence-electron chi connectivity index (χ4n) is 6.48. The third kappa shape index (κ3) is 5.21. The highest BCUT2D eigenvalue weighted by molar-refractivity contribution is 7.88. The zero-order chi connectivity index (χ0) is 20.6. The molecule has 160 valence electrons. The van der Waals surface area contributed by atoms with E-state index in [1.807, 2.05) is 38.1 Å². The van der Waals surface area contributed by atoms with Gasteiger partial charge < -0.3 is 5.32 Å². The van der Waals surface area contributed by atoms with Crippen LogP contribution in [0.25, 0.3) is 0 Å². The molecule has 2 N–H and O–H groups in total. The summed E-state index contributed by atoms with van der Waals surface area (Å²) < 4.78 is 26.7. The number of amides is 1. The molecule has 29 heavy (non-hydrogen) atoms. The highest BCUT2D eigenvalue weighted by atomic mass is 32.2. The average molecular weight is 419 g/mol. The molecule has 4 fully saturated rings. The zero-order valence-corrected chi connectivity index (χ0v) is 18.4. The summed E-state index contributed by atoms with van der Waals surface area (Å²) in [6.45, 7) is 4.13. The fraction of sp³-hybridized carbons (Fsp3) is 0.696. The van der Waals surface area contributed by atoms with E-state index < -0.39 is 10.0 Å². The van der Waals surface area contributed by atoms with Crippen LogP contribution in [0.3, 0.4) is 0 Å². The number of rotatable bonds is 8. The molecule has 0 radical (unpaired) electrons. The summed E-state index contributed by atoms with van der Waals surface area (Å²) in [5.74, 6) is 2.73. The summed E-state index contributed by atoms with van der Waals surface area (Å²) in [6.07, 6.45) is 8.62. The Morgan fingerprint density at radius 1 is 1.00 bits per heavy atom. The van der Waals surface area contributed by atoms with Crippen LogP contribution in [0.2, 0.25) is 0 Å². The minimum absolute atomic E-state index is 0.0240. The SMILES string of the molecule is CC(C)NS(=O)(=O)Cc1ccc(CNC(=O)CC23CC4CC(CC(C4)C2)C3)cc1. The lowest BCUT2D eigenvalue weighted by Gasteiger charge is -2.56. The van der Waals surface area contributed by atoms with Crippen molar-refractivity contribution in [1.82, 2.24) is 10.0 Å². The van der Waals surface area contributed by atoms with E-state index in [-0.39, 0.29) is 23.1 Å². The van der Waals surface area contributed by atoms with Crippen molar-refractivity contribution >= 4 is 15.9 Å². The second kappa shape index (κ2) is 8.03. The van der Waals surface area contributed by atoms with Gasteiger partial charge in [-0.25, -0.2) is 13.1 Å². The van der Waals surface area contributed by atoms with Gasteiger partial charge in [0.15, 0.2) is 0 Å². The van der Waals surface area contributed by atoms with Crippen molar-refractivity contribution in [3.05, 3.63) is 35.4 Å². The molecule has 6 heteroatoms. The second-order valence-corrected chi connectivity index (χ2v) is 12.0. The highest BCUT2D eigenvalue weighted by Crippen LogP contribution is 2.61. The lowest BCUT2D eigenvalue weighted by molar-refractivity contribution is -0.129. The van der Waals surface area contributed by atoms with Gasteiger partial charge in [-0.05, 0) is 86.7 Å². The lowest BCUT2D eigenvalue weighted by atomic mass is 9.49. The summed E-state index contributed by atoms with van der Waals surface area (Å²) in [6, 6.07) is 7.37. The van der Waals surface area contributed by atoms with Gasteiger partial charge in [0.2, 0.25) is 15.9 Å². The summed E-state index contributed by atoms with van der Waals surface area (Å²) in [5, 5.41) is 3.10. The molecule has 0 spiro atoms. The van der Waals surface area contributed by atoms with E-state index in [4.69, 9.17) is 0 Å². The van der Waals surface area contributed by atoms with Crippen molar-refractivity contribution in [3.63, 3.8) is 0 Å². The molecule has 4 saturated carbocycles. The summed E-state index contributed by atoms with van der Waals surface area (Å²) in [5.41, 5.74) is 2.02. The van der Waals surface area contributed by atoms with Crippen molar-refractivity contribution in [2.75, 3.05) is 0 Å². The van der Waals surface area contributed by atoms with Gasteiger partial charge in [-0.3, -0.25) is 4.79 Å². The fourth-order valence-corrected chi connectivity index (χ4v) is 7.92. The van der Waals surface area contributed by atoms with Crippen LogP contribution in [-0.2, 0) is 27.1 Å². The smallest absolute Gasteiger partial charge is 0.220 e. The first-order valence-electron chi connectivity index (χ1n) is 11.0. The zero-order valence-electron chi connectivity index (χ0n) is 17.6. The Labute approximate surface area is 175 Å². The first kappa shape index (κ1) is 20.9. The number of hydrogen-bond acceptors (Lipinski definition) is 3. The number of carbonyl (C=O) groups excluding carboxylic acids is 1. The topological polar surface area (TPSA) is 75.3 Å². The maximum atomic E-state index is 12.7. The molecule has 4 aliphatic carbocycles. The molecule has 0 aromatic heterocycles. The van der Waals surface area contributed by atoms with Crippen molar-refractivity contribution in [3.8, 4) is 0 Å². The monoisotopic (exact) mass is 418 g/mol. The molecule has 0 aliphatic heterocycles. The third-order valence-electron chi connectivity index (χ3n) is 6.99. The Morgan fingerprint density at radius 3 is 2.03 bits per heavy atom. The van der Waals surface area contributed by atoms with Crippen LogP contribution in [0.1, 0.15) is 69.9 Å². The minimum atomic E-state index is -3.32. The van der Waals surface area contributed by atoms with Gasteiger partial charge in [-0.1, -0.05) is 24.3 Å². The van der Waals surface area contributed by atoms with Crippen LogP contribution in [0.5, 0.6) is 0 Å². The number of sulfonamides is 1. The van der Waals surface area contributed by atoms with E-state index in [2.05, 4.69) is 10.0 Å². The number of carbonyl (C=O) groups is 1. The molecule has 0 atom stereocenters. The number of nitrogens with one attached hydrogen (secondary N) is 2. The highest BCUT2D eigenvalue weighted by Gasteiger charge is 2.51. The molecule has 5 rings (SSSR count). The molecule has 5 nitrogen and oxygen atoms in total. The quantitative estimate of drug-likeness (QED) is 0.675. The van der Waals surface area contributed by atoms with Crippen LogP contribution >= 0.6 is 0 Å². The second-order valence-electron chi connectivity index (χ2n) is 10.2. The van der Waals surface area contributed by atoms with Gasteiger partial charge in [-0.2, -0.15) is 0 Å². The van der Waals surface area contributed by atoms with Crippen molar-refractivity contribution in [2.45, 2.75) is 77.1 Å². The maximum absolute atomic E-state index is 12.7. The molecule has 0 unspecified atom stereocenters. The van der Waals surface area contributed by atoms with Gasteiger partial charge in [0.25, 0.3) is 0 Å². The average Bonchev–Trinajstić information content (AvgIpc) is 2.58. The van der Waals surface area contributed by atoms with E-state index in [0.717, 1.165) is 28.9 Å². The van der Waals surface area contributed by atoms with Crippen LogP contribution in [0.15, 0.2) is 24.3 Å². The maximum Gasteiger partial charge on any atom is 0.220 e. The van der Waals surface area contributed by atoms with Crippen molar-refractivity contribution in [1.29, 1.82) is 0 Å². The molecule has 1 aromatic carbocycles. The Morgan fingerprint density at radius 2 is 1.52 bits per heavy atom. The molecule has 0 saturated heterocycles. The molecule has 4 aliphatic rings. The summed E-state index contributed by atoms with van der Waals surface area (Å²) in [7, 11) is -3.32. The molecule has 4 bridgehead atoms. The van der Waals surface area contributed by atoms with E-state index in [0.29, 0.717) is 13.0 Å². The van der Waals surface area contributed by atoms with E-state index >= 15 is 0 Å². The Bertz CT molecular complexity index is 810. The molecule has 1 amide bonds. The minimum Gasteiger partial charge on any atom is -0.352 e. The van der Waals surface area contributed by atoms with Crippen LogP contribution in [0, 0.1) is 23.2 Å². The van der Waals surface area contributed by atoms with Gasteiger partial charge in [0.1, 0.15) is 0 Å². The van der Waals surface area contributed by atoms with Crippen molar-refractivity contribution < 1.29 is 13.2 Å². The van der Waals surface area contributed by atoms with Gasteiger partial charge in [-0.15, -0.1) is 0 Å². The largest absolute Gasteiger partial charge is 0.352 e. The van der Waals surface area contributed by atoms with E-state index in [9.17, 15) is 13.2 Å². The lowest BCUT2D eigenvalue weighted by Crippen LogP contribution is -2.47. The summed E-state index contributed by atoms with van der Waals surface area (Å²) in [4.78, 5) is 12.7. The predicted octanol–water partition coefficient (Wildman–Crippen LogP) is 3.74. The van der Waals surface area contributed by atoms with Crippen LogP contribution in [0.4, 0.5) is 0 Å². The standard InChI is InChI=1S/C23H34N2O3S/c1-16(2)25-29(27,28)15-18-5-3-17(4-6-18)14-24-22(26)13-23-10-19-7-20(11-23)9-21(8-19)12-23/h3-6,16,19-21,25H,7-15H2,1-2H3,(H,24,26). The van der Waals surface area contributed by atoms with Crippen LogP contribution < -0.4 is 10.0 Å². The Balaban J connectivity index is 1.28. The number of hydrogen-bond donors (Lipinski definition) is 2. The van der Waals surface area contributed by atoms with E-state index in [1.54, 1.807) is 0 Å². The molecular formula is C23H34N2O3S. The normalized spacial score (nSPS) is 30.7. The first-order chi connectivity index (χ1) is 13.7. The summed E-state index contributed by atoms with van der Waals surface area (Å²) >= 11 is 0. The Hall–Kier alpha value is -1.40. The molecule has 0 heterocycles. The van der Waals surface area contributed by atoms with Crippen molar-refractivity contribution in [2.24, 2.45) is 23.2 Å². The predicted molar refractivity (Wildman–Crippen MR) is 114 cm³/mol. The Kier molecular flexibility index (Phi) is 5.77.